The SMILES string of the molecule is O=C(O)CNS(=O)(=O)C(F)(F)C(F)(F)C(F)(F)C(F)(F)C(F)(F)C(F)(F)C(F)(F)C(F)(F)C(F)(F)C(F)(F)C(F)(F)C(F)(F)C(F)(F)C(F)(F)F. The Labute approximate surface area is 256 Å². The van der Waals surface area contributed by atoms with Crippen LogP contribution < -0.4 is 4.72 Å². The van der Waals surface area contributed by atoms with Crippen molar-refractivity contribution in [1.82, 2.24) is 4.72 Å². The first kappa shape index (κ1) is 48.3. The number of alkyl halides is 29. The van der Waals surface area contributed by atoms with E-state index >= 15 is 0 Å². The summed E-state index contributed by atoms with van der Waals surface area (Å²) in [4.78, 5) is 10.1. The van der Waals surface area contributed by atoms with Crippen LogP contribution in [0.4, 0.5) is 127 Å². The number of carboxylic acid groups (broad SMARTS) is 1. The van der Waals surface area contributed by atoms with Crippen LogP contribution >= 0.6 is 0 Å². The third-order valence-corrected chi connectivity index (χ3v) is 7.27. The maximum absolute atomic E-state index is 13.8. The Kier molecular flexibility index (Phi) is 11.3. The summed E-state index contributed by atoms with van der Waals surface area (Å²) >= 11 is 0. The molecular formula is C16H4F29NO4S. The predicted molar refractivity (Wildman–Crippen MR) is 94.9 cm³/mol. The number of rotatable bonds is 16. The maximum Gasteiger partial charge on any atom is 0.460 e. The van der Waals surface area contributed by atoms with E-state index in [1.165, 1.54) is 0 Å². The molecule has 0 saturated heterocycles. The van der Waals surface area contributed by atoms with Crippen molar-refractivity contribution in [2.75, 3.05) is 6.54 Å². The highest BCUT2D eigenvalue weighted by Gasteiger charge is 3.01. The van der Waals surface area contributed by atoms with Crippen molar-refractivity contribution in [1.29, 1.82) is 0 Å². The number of nitrogens with one attached hydrogen (secondary N) is 1. The topological polar surface area (TPSA) is 83.5 Å². The van der Waals surface area contributed by atoms with Gasteiger partial charge in [-0.05, 0) is 0 Å². The summed E-state index contributed by atoms with van der Waals surface area (Å²) < 4.78 is 411. The third-order valence-electron chi connectivity index (χ3n) is 5.81. The molecule has 0 saturated carbocycles. The molecule has 0 aromatic carbocycles. The maximum atomic E-state index is 13.8. The monoisotopic (exact) mass is 857 g/mol. The Morgan fingerprint density at radius 3 is 0.725 bits per heavy atom. The number of carboxylic acids is 1. The number of hydrogen-bond acceptors (Lipinski definition) is 3. The summed E-state index contributed by atoms with van der Waals surface area (Å²) in [6, 6.07) is 0. The molecular weight excluding hydrogens is 853 g/mol. The normalized spacial score (nSPS) is 16.8. The Morgan fingerprint density at radius 1 is 0.373 bits per heavy atom. The van der Waals surface area contributed by atoms with Gasteiger partial charge in [0.1, 0.15) is 6.54 Å². The second-order valence-electron chi connectivity index (χ2n) is 9.13. The lowest BCUT2D eigenvalue weighted by Gasteiger charge is -2.46. The molecule has 0 amide bonds. The fourth-order valence-electron chi connectivity index (χ4n) is 2.75. The Bertz CT molecular complexity index is 1430. The van der Waals surface area contributed by atoms with Gasteiger partial charge in [-0.3, -0.25) is 4.79 Å². The van der Waals surface area contributed by atoms with Crippen LogP contribution in [0.25, 0.3) is 0 Å². The van der Waals surface area contributed by atoms with Crippen LogP contribution in [-0.4, -0.2) is 109 Å². The molecule has 0 fully saturated rings. The van der Waals surface area contributed by atoms with Gasteiger partial charge in [-0.25, -0.2) is 8.42 Å². The van der Waals surface area contributed by atoms with Crippen LogP contribution in [-0.2, 0) is 14.8 Å². The van der Waals surface area contributed by atoms with Crippen LogP contribution in [0.2, 0.25) is 0 Å². The van der Waals surface area contributed by atoms with E-state index in [1.54, 1.807) is 0 Å². The van der Waals surface area contributed by atoms with Gasteiger partial charge in [0, 0.05) is 0 Å². The summed E-state index contributed by atoms with van der Waals surface area (Å²) in [6.45, 7) is -2.66. The summed E-state index contributed by atoms with van der Waals surface area (Å²) in [6.07, 6.45) is -8.35. The van der Waals surface area contributed by atoms with Gasteiger partial charge in [0.2, 0.25) is 0 Å². The van der Waals surface area contributed by atoms with Crippen LogP contribution in [0.3, 0.4) is 0 Å². The molecule has 0 heterocycles. The molecule has 0 aliphatic rings. The van der Waals surface area contributed by atoms with Gasteiger partial charge in [0.05, 0.1) is 0 Å². The largest absolute Gasteiger partial charge is 0.480 e. The zero-order chi connectivity index (χ0) is 42.5. The van der Waals surface area contributed by atoms with Crippen LogP contribution in [0.5, 0.6) is 0 Å². The summed E-state index contributed by atoms with van der Waals surface area (Å²) in [5.74, 6) is -119. The van der Waals surface area contributed by atoms with E-state index in [0.29, 0.717) is 0 Å². The number of carbonyl (C=O) groups is 1. The molecule has 0 bridgehead atoms. The molecule has 0 aliphatic heterocycles. The minimum Gasteiger partial charge on any atom is -0.480 e. The lowest BCUT2D eigenvalue weighted by atomic mass is 9.84. The molecule has 0 aromatic rings. The molecule has 0 unspecified atom stereocenters. The molecule has 2 N–H and O–H groups in total. The molecule has 0 spiro atoms. The van der Waals surface area contributed by atoms with Crippen LogP contribution in [0, 0.1) is 0 Å². The van der Waals surface area contributed by atoms with Gasteiger partial charge in [0.15, 0.2) is 0 Å². The molecule has 5 nitrogen and oxygen atoms in total. The molecule has 51 heavy (non-hydrogen) atoms. The zero-order valence-corrected chi connectivity index (χ0v) is 22.6. The molecule has 0 radical (unpaired) electrons. The molecule has 0 atom stereocenters. The first-order valence-electron chi connectivity index (χ1n) is 10.6. The van der Waals surface area contributed by atoms with Crippen LogP contribution in [0.1, 0.15) is 0 Å². The highest BCUT2D eigenvalue weighted by Crippen LogP contribution is 2.69. The summed E-state index contributed by atoms with van der Waals surface area (Å²) in [5, 5.41) is -0.241. The molecule has 306 valence electrons. The second kappa shape index (κ2) is 11.9. The number of halogens is 29. The lowest BCUT2D eigenvalue weighted by Crippen LogP contribution is -2.79. The van der Waals surface area contributed by atoms with Crippen molar-refractivity contribution >= 4 is 16.0 Å². The molecule has 35 heteroatoms. The third kappa shape index (κ3) is 5.82. The molecule has 0 aliphatic carbocycles. The minimum atomic E-state index is -10.1. The van der Waals surface area contributed by atoms with Gasteiger partial charge in [-0.1, -0.05) is 0 Å². The van der Waals surface area contributed by atoms with E-state index in [0.717, 1.165) is 0 Å². The van der Waals surface area contributed by atoms with Crippen molar-refractivity contribution in [2.24, 2.45) is 0 Å². The van der Waals surface area contributed by atoms with E-state index in [1.807, 2.05) is 0 Å². The fraction of sp³-hybridized carbons (Fsp3) is 0.938. The standard InChI is InChI=1S/C16H4F29NO4S/c17-3(18,5(21,22)7(25,26)9(29,30)11(33,34)13(37,38)15(41,42)43)4(19,20)6(23,24)8(27,28)10(31,32)12(35,36)14(39,40)16(44,45)51(49,50)46-1-2(47)48/h46H,1H2,(H,47,48). The Hall–Kier alpha value is -2.65. The van der Waals surface area contributed by atoms with Gasteiger partial charge < -0.3 is 5.11 Å². The van der Waals surface area contributed by atoms with Crippen molar-refractivity contribution in [3.8, 4) is 0 Å². The summed E-state index contributed by atoms with van der Waals surface area (Å²) in [7, 11) is -8.04. The van der Waals surface area contributed by atoms with E-state index in [-0.39, 0.29) is 4.72 Å². The summed E-state index contributed by atoms with van der Waals surface area (Å²) in [5.41, 5.74) is 0. The average Bonchev–Trinajstić information content (AvgIpc) is 2.89. The predicted octanol–water partition coefficient (Wildman–Crippen LogP) is 7.77. The molecule has 0 aromatic heterocycles. The van der Waals surface area contributed by atoms with Crippen LogP contribution in [0.15, 0.2) is 0 Å². The highest BCUT2D eigenvalue weighted by atomic mass is 32.2. The van der Waals surface area contributed by atoms with Gasteiger partial charge in [0.25, 0.3) is 10.0 Å². The van der Waals surface area contributed by atoms with Gasteiger partial charge in [-0.15, -0.1) is 0 Å². The zero-order valence-electron chi connectivity index (χ0n) is 21.7. The number of hydrogen-bond donors (Lipinski definition) is 2. The van der Waals surface area contributed by atoms with E-state index in [2.05, 4.69) is 0 Å². The van der Waals surface area contributed by atoms with Crippen molar-refractivity contribution in [2.45, 2.75) is 82.5 Å². The van der Waals surface area contributed by atoms with E-state index in [9.17, 15) is 141 Å². The number of aliphatic carboxylic acids is 1. The van der Waals surface area contributed by atoms with Gasteiger partial charge in [-0.2, -0.15) is 132 Å². The smallest absolute Gasteiger partial charge is 0.460 e. The highest BCUT2D eigenvalue weighted by molar-refractivity contribution is 7.90. The average molecular weight is 857 g/mol. The second-order valence-corrected chi connectivity index (χ2v) is 10.9. The lowest BCUT2D eigenvalue weighted by molar-refractivity contribution is -0.486. The van der Waals surface area contributed by atoms with Crippen molar-refractivity contribution in [3.63, 3.8) is 0 Å². The Balaban J connectivity index is 7.63. The van der Waals surface area contributed by atoms with Gasteiger partial charge >= 0.3 is 88.5 Å². The molecule has 0 rings (SSSR count). The fourth-order valence-corrected chi connectivity index (χ4v) is 3.71. The van der Waals surface area contributed by atoms with Crippen molar-refractivity contribution < 1.29 is 146 Å². The van der Waals surface area contributed by atoms with E-state index in [4.69, 9.17) is 5.11 Å². The quantitative estimate of drug-likeness (QED) is 0.156. The first-order chi connectivity index (χ1) is 21.4. The van der Waals surface area contributed by atoms with E-state index < -0.39 is 105 Å². The Morgan fingerprint density at radius 2 is 0.549 bits per heavy atom. The minimum absolute atomic E-state index is 0.356. The number of sulfonamides is 1. The van der Waals surface area contributed by atoms with Crippen molar-refractivity contribution in [3.05, 3.63) is 0 Å². The first-order valence-corrected chi connectivity index (χ1v) is 12.1.